The molecule has 0 saturated heterocycles. The summed E-state index contributed by atoms with van der Waals surface area (Å²) in [6.45, 7) is 10.5. The van der Waals surface area contributed by atoms with Gasteiger partial charge in [-0.25, -0.2) is 0 Å². The van der Waals surface area contributed by atoms with Crippen LogP contribution < -0.4 is 0 Å². The minimum absolute atomic E-state index is 0. The van der Waals surface area contributed by atoms with Crippen molar-refractivity contribution in [3.8, 4) is 0 Å². The normalized spacial score (nSPS) is 8.15. The Kier molecular flexibility index (Phi) is 35.4. The average molecular weight is 431 g/mol. The summed E-state index contributed by atoms with van der Waals surface area (Å²) in [7, 11) is -3.14. The Labute approximate surface area is 98.8 Å². The van der Waals surface area contributed by atoms with Crippen molar-refractivity contribution in [1.82, 2.24) is 0 Å². The molecule has 0 bridgehead atoms. The first-order chi connectivity index (χ1) is 5.20. The van der Waals surface area contributed by atoms with Crippen molar-refractivity contribution >= 4 is 23.8 Å². The van der Waals surface area contributed by atoms with Gasteiger partial charge in [-0.15, -0.1) is 0 Å². The summed E-state index contributed by atoms with van der Waals surface area (Å²) in [5, 5.41) is 0. The van der Waals surface area contributed by atoms with Crippen molar-refractivity contribution in [3.63, 3.8) is 0 Å². The van der Waals surface area contributed by atoms with E-state index in [1.165, 1.54) is 0 Å². The second-order valence-electron chi connectivity index (χ2n) is 2.76. The molecule has 0 fully saturated rings. The van der Waals surface area contributed by atoms with E-state index in [0.717, 1.165) is 0 Å². The van der Waals surface area contributed by atoms with E-state index in [4.69, 9.17) is 4.89 Å². The van der Waals surface area contributed by atoms with E-state index in [-0.39, 0.29) is 21.1 Å². The Morgan fingerprint density at radius 3 is 0.923 bits per heavy atom. The van der Waals surface area contributed by atoms with Gasteiger partial charge >= 0.3 is 21.1 Å². The molecule has 0 saturated carbocycles. The second kappa shape index (κ2) is 19.2. The van der Waals surface area contributed by atoms with Gasteiger partial charge in [0.05, 0.1) is 28.9 Å². The molecule has 0 unspecified atom stereocenters. The van der Waals surface area contributed by atoms with Gasteiger partial charge in [0.1, 0.15) is 8.15 Å². The Balaban J connectivity index is -0.0000000450. The Morgan fingerprint density at radius 1 is 0.923 bits per heavy atom. The van der Waals surface area contributed by atoms with Crippen LogP contribution in [0.15, 0.2) is 0 Å². The molecule has 0 aromatic rings. The van der Waals surface area contributed by atoms with Crippen LogP contribution in [0.1, 0.15) is 0 Å². The summed E-state index contributed by atoms with van der Waals surface area (Å²) in [6.07, 6.45) is 0. The van der Waals surface area contributed by atoms with Crippen molar-refractivity contribution < 1.29 is 35.1 Å². The quantitative estimate of drug-likeness (QED) is 0.595. The molecular weight excluding hydrogens is 408 g/mol. The second-order valence-corrected chi connectivity index (χ2v) is 8.29. The molecule has 0 aliphatic carbocycles. The number of rotatable bonds is 0. The molecule has 0 amide bonds. The van der Waals surface area contributed by atoms with Crippen LogP contribution in [-0.4, -0.2) is 44.9 Å². The molecule has 0 aromatic heterocycles. The zero-order valence-electron chi connectivity index (χ0n) is 9.10. The first-order valence-electron chi connectivity index (χ1n) is 3.63. The third-order valence-corrected chi connectivity index (χ3v) is 0. The fraction of sp³-hybridized carbons (Fsp3) is 1.00. The molecule has 0 aliphatic heterocycles. The molecule has 0 atom stereocenters. The monoisotopic (exact) mass is 431 g/mol. The van der Waals surface area contributed by atoms with Gasteiger partial charge < -0.3 is 9.13 Å². The first kappa shape index (κ1) is 24.0. The van der Waals surface area contributed by atoms with Crippen LogP contribution in [0.3, 0.4) is 0 Å². The first-order valence-corrected chi connectivity index (χ1v) is 10.9. The standard InChI is InChI=1S/3C2H7OP.Pt.H/c3*1-4(2)3;;/h2*4H,1-2H3;3H,1-2H3;;/p+1. The van der Waals surface area contributed by atoms with Crippen LogP contribution in [0.5, 0.6) is 0 Å². The van der Waals surface area contributed by atoms with E-state index in [0.29, 0.717) is 0 Å². The molecule has 0 spiro atoms. The topological polar surface area (TPSA) is 54.4 Å². The summed E-state index contributed by atoms with van der Waals surface area (Å²) in [5.41, 5.74) is 0. The molecule has 7 heteroatoms. The van der Waals surface area contributed by atoms with Gasteiger partial charge in [0.15, 0.2) is 0 Å². The van der Waals surface area contributed by atoms with Gasteiger partial charge in [-0.05, 0) is 26.7 Å². The van der Waals surface area contributed by atoms with Gasteiger partial charge in [-0.2, -0.15) is 0 Å². The molecule has 0 heterocycles. The Morgan fingerprint density at radius 2 is 0.923 bits per heavy atom. The van der Waals surface area contributed by atoms with E-state index >= 15 is 0 Å². The molecule has 0 rings (SSSR count). The van der Waals surface area contributed by atoms with Gasteiger partial charge in [-0.1, -0.05) is 0 Å². The molecule has 13 heavy (non-hydrogen) atoms. The number of hydrogen-bond donors (Lipinski definition) is 1. The molecule has 1 N–H and O–H groups in total. The fourth-order valence-corrected chi connectivity index (χ4v) is 0. The third kappa shape index (κ3) is 762. The minimum atomic E-state index is -1.13. The molecule has 0 radical (unpaired) electrons. The van der Waals surface area contributed by atoms with Crippen molar-refractivity contribution in [2.45, 2.75) is 0 Å². The van der Waals surface area contributed by atoms with Gasteiger partial charge in [0.25, 0.3) is 0 Å². The summed E-state index contributed by atoms with van der Waals surface area (Å²) < 4.78 is 19.3. The zero-order chi connectivity index (χ0) is 10.7. The molecule has 0 aliphatic rings. The number of hydrogen-bond acceptors (Lipinski definition) is 3. The van der Waals surface area contributed by atoms with Gasteiger partial charge in [-0.3, -0.25) is 4.89 Å². The van der Waals surface area contributed by atoms with Crippen molar-refractivity contribution in [1.29, 1.82) is 0 Å². The average Bonchev–Trinajstić information content (AvgIpc) is 1.54. The van der Waals surface area contributed by atoms with Gasteiger partial charge in [0.2, 0.25) is 0 Å². The van der Waals surface area contributed by atoms with E-state index in [9.17, 15) is 9.13 Å². The molecule has 89 valence electrons. The van der Waals surface area contributed by atoms with E-state index in [2.05, 4.69) is 0 Å². The van der Waals surface area contributed by atoms with Gasteiger partial charge in [0, 0.05) is 0 Å². The Hall–Kier alpha value is 1.54. The maximum absolute atomic E-state index is 9.63. The Bertz CT molecular complexity index is 108. The SMILES string of the molecule is C[PH+](C)O.C[PH](C)=O.C[PH](C)=O.[PtH]. The maximum atomic E-state index is 9.63. The predicted octanol–water partition coefficient (Wildman–Crippen LogP) is 1.71. The van der Waals surface area contributed by atoms with Crippen LogP contribution in [0, 0.1) is 0 Å². The predicted molar refractivity (Wildman–Crippen MR) is 65.5 cm³/mol. The summed E-state index contributed by atoms with van der Waals surface area (Å²) in [6, 6.07) is 0. The molecular formula is C6H23O3P3Pt+. The molecule has 0 aromatic carbocycles. The summed E-state index contributed by atoms with van der Waals surface area (Å²) >= 11 is 0. The van der Waals surface area contributed by atoms with Crippen molar-refractivity contribution in [2.24, 2.45) is 0 Å². The summed E-state index contributed by atoms with van der Waals surface area (Å²) in [5.74, 6) is 0. The van der Waals surface area contributed by atoms with Crippen molar-refractivity contribution in [3.05, 3.63) is 0 Å². The van der Waals surface area contributed by atoms with E-state index < -0.39 is 23.8 Å². The van der Waals surface area contributed by atoms with E-state index in [1.807, 2.05) is 13.3 Å². The third-order valence-electron chi connectivity index (χ3n) is 0. The molecule has 3 nitrogen and oxygen atoms in total. The van der Waals surface area contributed by atoms with Crippen LogP contribution in [-0.2, 0) is 30.2 Å². The van der Waals surface area contributed by atoms with Crippen molar-refractivity contribution in [2.75, 3.05) is 40.0 Å². The van der Waals surface area contributed by atoms with E-state index in [1.54, 1.807) is 26.7 Å². The van der Waals surface area contributed by atoms with Crippen LogP contribution in [0.4, 0.5) is 0 Å². The summed E-state index contributed by atoms with van der Waals surface area (Å²) in [4.78, 5) is 8.16. The fourth-order valence-electron chi connectivity index (χ4n) is 0. The van der Waals surface area contributed by atoms with Crippen LogP contribution in [0.25, 0.3) is 0 Å². The van der Waals surface area contributed by atoms with Crippen LogP contribution >= 0.6 is 23.8 Å². The zero-order valence-corrected chi connectivity index (χ0v) is 14.5. The van der Waals surface area contributed by atoms with Crippen LogP contribution in [0.2, 0.25) is 0 Å².